The molecule has 0 radical (unpaired) electrons. The Balaban J connectivity index is 0.746. The fraction of sp³-hybridized carbons (Fsp3) is 0.630. The summed E-state index contributed by atoms with van der Waals surface area (Å²) in [5.74, 6) is -15.8. The Bertz CT molecular complexity index is 4980. The summed E-state index contributed by atoms with van der Waals surface area (Å²) in [5.41, 5.74) is -0.930. The number of benzene rings is 2. The maximum Gasteiger partial charge on any atom is 0.320 e. The molecule has 7 heterocycles. The maximum atomic E-state index is 14.8. The van der Waals surface area contributed by atoms with Crippen LogP contribution in [0.5, 0.6) is 11.5 Å². The molecule has 2 unspecified atom stereocenters. The van der Waals surface area contributed by atoms with Crippen LogP contribution in [0.1, 0.15) is 164 Å². The van der Waals surface area contributed by atoms with Gasteiger partial charge in [-0.05, 0) is 186 Å². The number of carbonyl (C=O) groups is 14. The van der Waals surface area contributed by atoms with E-state index in [0.717, 1.165) is 9.80 Å². The molecular formula is C92H127F4N19O21. The van der Waals surface area contributed by atoms with Crippen molar-refractivity contribution in [2.75, 3.05) is 165 Å². The molecule has 5 aliphatic heterocycles. The molecule has 44 heteroatoms. The predicted octanol–water partition coefficient (Wildman–Crippen LogP) is 3.40. The van der Waals surface area contributed by atoms with Crippen LogP contribution in [0, 0.1) is 28.6 Å². The number of halogens is 4. The zero-order valence-corrected chi connectivity index (χ0v) is 77.9. The fourth-order valence-corrected chi connectivity index (χ4v) is 17.5. The molecule has 0 aliphatic carbocycles. The van der Waals surface area contributed by atoms with E-state index in [1.54, 1.807) is 115 Å². The highest BCUT2D eigenvalue weighted by Crippen LogP contribution is 2.35. The van der Waals surface area contributed by atoms with Crippen LogP contribution >= 0.6 is 0 Å². The Morgan fingerprint density at radius 2 is 1.06 bits per heavy atom. The Morgan fingerprint density at radius 1 is 0.559 bits per heavy atom. The van der Waals surface area contributed by atoms with E-state index in [-0.39, 0.29) is 190 Å². The standard InChI is InChI=1S/C92H127F4N19O21/c1-89(2,106-75(116)19-18-74(88(132)133)111-37-35-109(56-83(125)126)31-11-12-60(42-82(123)124)23-32-110(36-38-111)57-84(127)128)26-41-136-90(3,4)47-76(117)105-73(87(131)113-34-25-62(53-113)108(6)55-78(119)102-28-8-10-40-135-66-14-16-72-70(44-66)68(22-30-100-72)86(130)104-51-81(122)115-59-92(95,96)46-64(115)49-98)17-20-79(120)112-33-24-61(52-112)107(5)54-77(118)101-27-7-9-39-134-65-13-15-71-69(43-65)67(21-29-99-71)85(129)103-50-80(121)114-58-91(93,94)45-63(114)48-97/h13-16,21-22,29-30,43-44,60-64,73-74H,7-12,17-20,23-28,31-42,45-47,50-59H2,1-6H3,(H,101,118)(H,102,119)(H,103,129)(H,104,130)(H,105,117)(H,106,116)(H,123,124)(H,125,126)(H,127,128)(H,132,133)/t60?,61-,62-,63+,64+,73+,74?/m1/s1. The molecule has 0 bridgehead atoms. The number of unbranched alkanes of at least 4 members (excludes halogenated alkanes) is 2. The third-order valence-electron chi connectivity index (χ3n) is 25.0. The predicted molar refractivity (Wildman–Crippen MR) is 483 cm³/mol. The fourth-order valence-electron chi connectivity index (χ4n) is 17.5. The van der Waals surface area contributed by atoms with E-state index in [9.17, 15) is 116 Å². The first-order valence-corrected chi connectivity index (χ1v) is 46.0. The third kappa shape index (κ3) is 34.0. The van der Waals surface area contributed by atoms with Crippen molar-refractivity contribution >= 4 is 105 Å². The van der Waals surface area contributed by atoms with Crippen LogP contribution in [0.15, 0.2) is 60.9 Å². The number of hydrogen-bond acceptors (Lipinski definition) is 26. The van der Waals surface area contributed by atoms with E-state index in [2.05, 4.69) is 41.9 Å². The molecule has 2 aromatic heterocycles. The number of amides is 10. The lowest BCUT2D eigenvalue weighted by atomic mass is 9.95. The van der Waals surface area contributed by atoms with Crippen LogP contribution in [-0.2, 0) is 62.3 Å². The smallest absolute Gasteiger partial charge is 0.320 e. The number of carboxylic acids is 4. The SMILES string of the molecule is CN(CC(=O)NCCCCOc1ccc2nccc(C(=O)NCC(=O)N3CC(F)(F)C[C@H]3C#N)c2c1)[C@@H]1CCN(C(=O)CC[C@H](NC(=O)CC(C)(C)OCCC(C)(C)NC(=O)CCC(C(=O)O)N2CCN(CC(=O)O)CCCC(CC(=O)O)CCN(CC(=O)O)CC2)C(=O)N2CC[C@@H](N(C)CC(=O)NCCCCOc3ccc4nccc(C(=O)NCC(=O)N5CC(F)(F)C[C@H]5C#N)c4c3)C2)C1. The number of carbonyl (C=O) groups excluding carboxylic acids is 10. The molecule has 10 amide bonds. The van der Waals surface area contributed by atoms with Crippen molar-refractivity contribution in [1.82, 2.24) is 86.0 Å². The Labute approximate surface area is 786 Å². The highest BCUT2D eigenvalue weighted by molar-refractivity contribution is 6.08. The highest BCUT2D eigenvalue weighted by atomic mass is 19.3. The van der Waals surface area contributed by atoms with Crippen molar-refractivity contribution in [3.8, 4) is 23.6 Å². The van der Waals surface area contributed by atoms with Gasteiger partial charge in [-0.1, -0.05) is 0 Å². The van der Waals surface area contributed by atoms with E-state index in [4.69, 9.17) is 14.2 Å². The van der Waals surface area contributed by atoms with E-state index in [1.165, 1.54) is 24.5 Å². The van der Waals surface area contributed by atoms with Crippen LogP contribution in [0.25, 0.3) is 21.8 Å². The number of aliphatic carboxylic acids is 4. The minimum absolute atomic E-state index is 0.0114. The number of aromatic nitrogens is 2. The van der Waals surface area contributed by atoms with E-state index in [0.29, 0.717) is 111 Å². The van der Waals surface area contributed by atoms with Gasteiger partial charge in [0.25, 0.3) is 23.7 Å². The maximum absolute atomic E-state index is 14.8. The summed E-state index contributed by atoms with van der Waals surface area (Å²) in [6, 6.07) is 10.6. The lowest BCUT2D eigenvalue weighted by molar-refractivity contribution is -0.145. The van der Waals surface area contributed by atoms with Gasteiger partial charge in [0.1, 0.15) is 35.7 Å². The largest absolute Gasteiger partial charge is 0.494 e. The number of likely N-dealkylation sites (N-methyl/N-ethyl adjacent to an activating group) is 2. The molecule has 2 aromatic carbocycles. The van der Waals surface area contributed by atoms with Gasteiger partial charge in [0.2, 0.25) is 47.3 Å². The second-order valence-electron chi connectivity index (χ2n) is 36.8. The zero-order valence-electron chi connectivity index (χ0n) is 77.9. The molecule has 0 saturated carbocycles. The minimum Gasteiger partial charge on any atom is -0.494 e. The normalized spacial score (nSPS) is 19.6. The number of rotatable bonds is 47. The molecular weight excluding hydrogens is 1780 g/mol. The first-order chi connectivity index (χ1) is 64.5. The van der Waals surface area contributed by atoms with Gasteiger partial charge < -0.3 is 86.1 Å². The Hall–Kier alpha value is -12.1. The van der Waals surface area contributed by atoms with Gasteiger partial charge in [-0.25, -0.2) is 17.6 Å². The van der Waals surface area contributed by atoms with Crippen LogP contribution < -0.4 is 41.4 Å². The number of hydrogen-bond donors (Lipinski definition) is 10. The first-order valence-electron chi connectivity index (χ1n) is 46.0. The Kier molecular flexibility index (Phi) is 40.1. The summed E-state index contributed by atoms with van der Waals surface area (Å²) in [6.45, 7) is 5.96. The molecule has 136 heavy (non-hydrogen) atoms. The number of nitriles is 2. The number of alkyl halides is 4. The van der Waals surface area contributed by atoms with Gasteiger partial charge in [0, 0.05) is 145 Å². The average molecular weight is 1910 g/mol. The topological polar surface area (TPSA) is 522 Å². The summed E-state index contributed by atoms with van der Waals surface area (Å²) >= 11 is 0. The molecule has 5 aliphatic rings. The average Bonchev–Trinajstić information content (AvgIpc) is 1.74. The van der Waals surface area contributed by atoms with Crippen LogP contribution in [-0.4, -0.2) is 381 Å². The molecule has 5 fully saturated rings. The summed E-state index contributed by atoms with van der Waals surface area (Å²) < 4.78 is 74.4. The number of nitrogens with one attached hydrogen (secondary N) is 6. The van der Waals surface area contributed by atoms with Gasteiger partial charge in [-0.2, -0.15) is 10.5 Å². The van der Waals surface area contributed by atoms with E-state index >= 15 is 0 Å². The summed E-state index contributed by atoms with van der Waals surface area (Å²) in [5, 5.41) is 75.9. The van der Waals surface area contributed by atoms with Gasteiger partial charge in [0.15, 0.2) is 0 Å². The molecule has 7 atom stereocenters. The number of likely N-dealkylation sites (tertiary alicyclic amines) is 4. The van der Waals surface area contributed by atoms with Crippen molar-refractivity contribution in [3.05, 3.63) is 72.1 Å². The molecule has 0 spiro atoms. The lowest BCUT2D eigenvalue weighted by Crippen LogP contribution is -2.51. The highest BCUT2D eigenvalue weighted by Gasteiger charge is 2.49. The number of nitrogens with zero attached hydrogens (tertiary/aromatic N) is 13. The third-order valence-corrected chi connectivity index (χ3v) is 25.0. The monoisotopic (exact) mass is 1910 g/mol. The molecule has 5 saturated heterocycles. The first kappa shape index (κ1) is 108. The number of pyridine rings is 2. The summed E-state index contributed by atoms with van der Waals surface area (Å²) in [4.78, 5) is 207. The Morgan fingerprint density at radius 3 is 1.55 bits per heavy atom. The van der Waals surface area contributed by atoms with E-state index < -0.39 is 158 Å². The van der Waals surface area contributed by atoms with Gasteiger partial charge in [-0.3, -0.25) is 102 Å². The van der Waals surface area contributed by atoms with Crippen molar-refractivity contribution < 1.29 is 119 Å². The van der Waals surface area contributed by atoms with E-state index in [1.807, 2.05) is 9.80 Å². The number of ether oxygens (including phenoxy) is 3. The molecule has 4 aromatic rings. The van der Waals surface area contributed by atoms with Crippen LogP contribution in [0.2, 0.25) is 0 Å². The van der Waals surface area contributed by atoms with Crippen molar-refractivity contribution in [2.45, 2.75) is 203 Å². The van der Waals surface area contributed by atoms with Crippen molar-refractivity contribution in [2.24, 2.45) is 5.92 Å². The molecule has 744 valence electrons. The second-order valence-corrected chi connectivity index (χ2v) is 36.8. The lowest BCUT2D eigenvalue weighted by Gasteiger charge is -2.33. The summed E-state index contributed by atoms with van der Waals surface area (Å²) in [7, 11) is 3.54. The molecule has 10 N–H and O–H groups in total. The number of fused-ring (bicyclic) bond motifs is 2. The molecule has 9 rings (SSSR count). The van der Waals surface area contributed by atoms with Crippen LogP contribution in [0.3, 0.4) is 0 Å². The van der Waals surface area contributed by atoms with Crippen LogP contribution in [0.4, 0.5) is 17.6 Å². The zero-order chi connectivity index (χ0) is 99.2. The van der Waals surface area contributed by atoms with Crippen molar-refractivity contribution in [3.63, 3.8) is 0 Å². The van der Waals surface area contributed by atoms with Gasteiger partial charge in [0.05, 0.1) is 112 Å². The van der Waals surface area contributed by atoms with Crippen molar-refractivity contribution in [1.29, 1.82) is 10.5 Å². The summed E-state index contributed by atoms with van der Waals surface area (Å²) in [6.07, 6.45) is 4.67. The van der Waals surface area contributed by atoms with Gasteiger partial charge in [-0.15, -0.1) is 0 Å². The minimum atomic E-state index is -3.22. The quantitative estimate of drug-likeness (QED) is 0.0224. The molecule has 40 nitrogen and oxygen atoms in total. The number of carboxylic acid groups (broad SMARTS) is 4. The van der Waals surface area contributed by atoms with Gasteiger partial charge >= 0.3 is 23.9 Å². The second kappa shape index (κ2) is 50.6.